The van der Waals surface area contributed by atoms with Crippen molar-refractivity contribution in [3.63, 3.8) is 0 Å². The zero-order valence-electron chi connectivity index (χ0n) is 23.8. The zero-order valence-corrected chi connectivity index (χ0v) is 25.4. The molecule has 4 aromatic rings. The number of benzene rings is 2. The number of aromatic nitrogens is 3. The number of para-hydroxylation sites is 2. The van der Waals surface area contributed by atoms with Crippen LogP contribution in [0.4, 0.5) is 9.39 Å². The van der Waals surface area contributed by atoms with Gasteiger partial charge in [-0.05, 0) is 69.0 Å². The fourth-order valence-corrected chi connectivity index (χ4v) is 6.94. The molecule has 2 amide bonds. The van der Waals surface area contributed by atoms with Crippen LogP contribution in [-0.4, -0.2) is 51.5 Å². The largest absolute Gasteiger partial charge is 0.495 e. The topological polar surface area (TPSA) is 124 Å². The van der Waals surface area contributed by atoms with Gasteiger partial charge in [0.15, 0.2) is 11.0 Å². The van der Waals surface area contributed by atoms with Crippen molar-refractivity contribution in [3.05, 3.63) is 81.7 Å². The van der Waals surface area contributed by atoms with Gasteiger partial charge in [-0.2, -0.15) is 0 Å². The predicted octanol–water partition coefficient (Wildman–Crippen LogP) is 5.19. The molecular formula is C30H30FN5O5S2. The highest BCUT2D eigenvalue weighted by Crippen LogP contribution is 2.40. The summed E-state index contributed by atoms with van der Waals surface area (Å²) in [5.74, 6) is -0.826. The average Bonchev–Trinajstić information content (AvgIpc) is 3.70. The van der Waals surface area contributed by atoms with E-state index in [0.717, 1.165) is 35.8 Å². The van der Waals surface area contributed by atoms with Crippen LogP contribution in [0.15, 0.2) is 53.7 Å². The first-order chi connectivity index (χ1) is 20.8. The van der Waals surface area contributed by atoms with Crippen molar-refractivity contribution < 1.29 is 28.2 Å². The molecule has 1 unspecified atom stereocenters. The van der Waals surface area contributed by atoms with Crippen LogP contribution in [0, 0.1) is 5.82 Å². The maximum Gasteiger partial charge on any atom is 0.341 e. The van der Waals surface area contributed by atoms with Crippen LogP contribution in [-0.2, 0) is 28.9 Å². The lowest BCUT2D eigenvalue weighted by atomic mass is 10.1. The molecule has 224 valence electrons. The minimum atomic E-state index is -0.639. The summed E-state index contributed by atoms with van der Waals surface area (Å²) in [5, 5.41) is 14.6. The van der Waals surface area contributed by atoms with Crippen LogP contribution >= 0.6 is 23.1 Å². The van der Waals surface area contributed by atoms with Gasteiger partial charge in [-0.3, -0.25) is 14.2 Å². The molecule has 0 aliphatic heterocycles. The number of aryl methyl sites for hydroxylation is 1. The first kappa shape index (κ1) is 30.2. The lowest BCUT2D eigenvalue weighted by Gasteiger charge is -2.16. The number of nitrogens with zero attached hydrogens (tertiary/aromatic N) is 3. The van der Waals surface area contributed by atoms with E-state index in [9.17, 15) is 18.8 Å². The van der Waals surface area contributed by atoms with Gasteiger partial charge in [0.2, 0.25) is 5.91 Å². The molecule has 0 saturated heterocycles. The smallest absolute Gasteiger partial charge is 0.341 e. The maximum atomic E-state index is 13.6. The van der Waals surface area contributed by atoms with Crippen molar-refractivity contribution in [1.29, 1.82) is 0 Å². The normalized spacial score (nSPS) is 12.8. The van der Waals surface area contributed by atoms with Gasteiger partial charge in [0.1, 0.15) is 16.6 Å². The number of amides is 2. The standard InChI is InChI=1S/C30H30FN5O5S2/c1-4-41-29(39)25-20-11-8-14-23(20)43-28(25)33-26(37)17(2)42-30-35-34-24(36(30)21-12-5-6-13-22(21)40-3)16-32-27(38)18-9-7-10-19(31)15-18/h5-7,9-10,12-13,15,17H,4,8,11,14,16H2,1-3H3,(H,32,38)(H,33,37). The van der Waals surface area contributed by atoms with Gasteiger partial charge in [0.05, 0.1) is 36.8 Å². The van der Waals surface area contributed by atoms with Crippen molar-refractivity contribution in [2.45, 2.75) is 50.1 Å². The summed E-state index contributed by atoms with van der Waals surface area (Å²) < 4.78 is 26.2. The van der Waals surface area contributed by atoms with E-state index in [1.807, 2.05) is 18.2 Å². The minimum absolute atomic E-state index is 0.0226. The molecule has 0 fully saturated rings. The minimum Gasteiger partial charge on any atom is -0.495 e. The van der Waals surface area contributed by atoms with E-state index in [0.29, 0.717) is 33.0 Å². The Morgan fingerprint density at radius 2 is 1.95 bits per heavy atom. The second kappa shape index (κ2) is 13.4. The van der Waals surface area contributed by atoms with Crippen molar-refractivity contribution in [1.82, 2.24) is 20.1 Å². The van der Waals surface area contributed by atoms with Crippen LogP contribution in [0.5, 0.6) is 5.75 Å². The van der Waals surface area contributed by atoms with Crippen LogP contribution in [0.25, 0.3) is 5.69 Å². The maximum absolute atomic E-state index is 13.6. The predicted molar refractivity (Wildman–Crippen MR) is 162 cm³/mol. The summed E-state index contributed by atoms with van der Waals surface area (Å²) in [4.78, 5) is 40.0. The average molecular weight is 624 g/mol. The Bertz CT molecular complexity index is 1670. The van der Waals surface area contributed by atoms with Gasteiger partial charge < -0.3 is 20.1 Å². The third-order valence-electron chi connectivity index (χ3n) is 6.81. The summed E-state index contributed by atoms with van der Waals surface area (Å²) in [6.07, 6.45) is 2.62. The van der Waals surface area contributed by atoms with E-state index in [-0.39, 0.29) is 24.6 Å². The SMILES string of the molecule is CCOC(=O)c1c(NC(=O)C(C)Sc2nnc(CNC(=O)c3cccc(F)c3)n2-c2ccccc2OC)sc2c1CCC2. The molecule has 2 N–H and O–H groups in total. The van der Waals surface area contributed by atoms with E-state index in [4.69, 9.17) is 9.47 Å². The molecule has 2 heterocycles. The highest BCUT2D eigenvalue weighted by atomic mass is 32.2. The molecule has 2 aromatic heterocycles. The quantitative estimate of drug-likeness (QED) is 0.173. The number of carbonyl (C=O) groups is 3. The van der Waals surface area contributed by atoms with E-state index < -0.39 is 22.9 Å². The van der Waals surface area contributed by atoms with Crippen LogP contribution in [0.1, 0.15) is 57.2 Å². The number of thioether (sulfide) groups is 1. The fraction of sp³-hybridized carbons (Fsp3) is 0.300. The number of nitrogens with one attached hydrogen (secondary N) is 2. The molecule has 0 radical (unpaired) electrons. The Labute approximate surface area is 256 Å². The number of anilines is 1. The highest BCUT2D eigenvalue weighted by molar-refractivity contribution is 8.00. The number of thiophene rings is 1. The summed E-state index contributed by atoms with van der Waals surface area (Å²) in [6.45, 7) is 3.70. The first-order valence-corrected chi connectivity index (χ1v) is 15.4. The summed E-state index contributed by atoms with van der Waals surface area (Å²) in [5.41, 5.74) is 2.18. The number of rotatable bonds is 11. The number of methoxy groups -OCH3 is 1. The van der Waals surface area contributed by atoms with Crippen molar-refractivity contribution >= 4 is 45.9 Å². The van der Waals surface area contributed by atoms with E-state index >= 15 is 0 Å². The summed E-state index contributed by atoms with van der Waals surface area (Å²) in [7, 11) is 1.54. The van der Waals surface area contributed by atoms with E-state index in [2.05, 4.69) is 20.8 Å². The van der Waals surface area contributed by atoms with Crippen LogP contribution in [0.3, 0.4) is 0 Å². The molecule has 5 rings (SSSR count). The van der Waals surface area contributed by atoms with E-state index in [1.165, 1.54) is 48.4 Å². The van der Waals surface area contributed by atoms with Crippen molar-refractivity contribution in [2.24, 2.45) is 0 Å². The lowest BCUT2D eigenvalue weighted by molar-refractivity contribution is -0.115. The summed E-state index contributed by atoms with van der Waals surface area (Å²) >= 11 is 2.58. The van der Waals surface area contributed by atoms with E-state index in [1.54, 1.807) is 24.5 Å². The van der Waals surface area contributed by atoms with Crippen molar-refractivity contribution in [2.75, 3.05) is 19.0 Å². The monoisotopic (exact) mass is 623 g/mol. The Hall–Kier alpha value is -4.23. The van der Waals surface area contributed by atoms with Gasteiger partial charge in [-0.25, -0.2) is 9.18 Å². The molecule has 1 atom stereocenters. The molecule has 13 heteroatoms. The van der Waals surface area contributed by atoms with Gasteiger partial charge in [-0.15, -0.1) is 21.5 Å². The van der Waals surface area contributed by atoms with Crippen LogP contribution < -0.4 is 15.4 Å². The second-order valence-electron chi connectivity index (χ2n) is 9.63. The number of ether oxygens (including phenoxy) is 2. The zero-order chi connectivity index (χ0) is 30.5. The third kappa shape index (κ3) is 6.57. The Morgan fingerprint density at radius 1 is 1.14 bits per heavy atom. The molecule has 1 aliphatic rings. The first-order valence-electron chi connectivity index (χ1n) is 13.7. The number of halogens is 1. The molecule has 10 nitrogen and oxygen atoms in total. The number of fused-ring (bicyclic) bond motifs is 1. The number of hydrogen-bond acceptors (Lipinski definition) is 9. The molecule has 2 aromatic carbocycles. The van der Waals surface area contributed by atoms with Crippen LogP contribution in [0.2, 0.25) is 0 Å². The highest BCUT2D eigenvalue weighted by Gasteiger charge is 2.30. The second-order valence-corrected chi connectivity index (χ2v) is 12.0. The molecule has 0 bridgehead atoms. The van der Waals surface area contributed by atoms with Gasteiger partial charge in [0.25, 0.3) is 5.91 Å². The number of esters is 1. The van der Waals surface area contributed by atoms with Gasteiger partial charge in [0, 0.05) is 10.4 Å². The molecule has 0 saturated carbocycles. The Balaban J connectivity index is 1.39. The lowest BCUT2D eigenvalue weighted by Crippen LogP contribution is -2.25. The molecule has 0 spiro atoms. The van der Waals surface area contributed by atoms with Crippen molar-refractivity contribution in [3.8, 4) is 11.4 Å². The number of hydrogen-bond donors (Lipinski definition) is 2. The molecular weight excluding hydrogens is 593 g/mol. The van der Waals surface area contributed by atoms with Gasteiger partial charge in [-0.1, -0.05) is 30.0 Å². The van der Waals surface area contributed by atoms with Gasteiger partial charge >= 0.3 is 5.97 Å². The number of carbonyl (C=O) groups excluding carboxylic acids is 3. The fourth-order valence-electron chi connectivity index (χ4n) is 4.78. The Morgan fingerprint density at radius 3 is 2.72 bits per heavy atom. The Kier molecular flexibility index (Phi) is 9.41. The third-order valence-corrected chi connectivity index (χ3v) is 9.06. The molecule has 43 heavy (non-hydrogen) atoms. The summed E-state index contributed by atoms with van der Waals surface area (Å²) in [6, 6.07) is 12.6. The molecule has 1 aliphatic carbocycles.